The van der Waals surface area contributed by atoms with Gasteiger partial charge in [-0.3, -0.25) is 0 Å². The van der Waals surface area contributed by atoms with Crippen LogP contribution in [-0.2, 0) is 9.47 Å². The predicted octanol–water partition coefficient (Wildman–Crippen LogP) is 1.81. The second-order valence-corrected chi connectivity index (χ2v) is 3.51. The van der Waals surface area contributed by atoms with E-state index in [-0.39, 0.29) is 0 Å². The van der Waals surface area contributed by atoms with E-state index in [1.54, 1.807) is 7.11 Å². The van der Waals surface area contributed by atoms with Crippen molar-refractivity contribution in [2.45, 2.75) is 30.7 Å². The van der Waals surface area contributed by atoms with Crippen molar-refractivity contribution in [3.05, 3.63) is 0 Å². The van der Waals surface area contributed by atoms with Gasteiger partial charge in [0.15, 0.2) is 0 Å². The standard InChI is InChI=1S/C8H15ClO2/c1-10-4-5-11-8-3-2-7(9)6-8/h7-8H,2-6H2,1H3. The molecule has 66 valence electrons. The highest BCUT2D eigenvalue weighted by Crippen LogP contribution is 2.25. The van der Waals surface area contributed by atoms with Gasteiger partial charge in [0.25, 0.3) is 0 Å². The maximum Gasteiger partial charge on any atom is 0.0704 e. The maximum absolute atomic E-state index is 5.91. The normalized spacial score (nSPS) is 31.1. The van der Waals surface area contributed by atoms with Crippen LogP contribution in [0.25, 0.3) is 0 Å². The van der Waals surface area contributed by atoms with E-state index in [2.05, 4.69) is 0 Å². The molecule has 0 radical (unpaired) electrons. The van der Waals surface area contributed by atoms with E-state index in [0.717, 1.165) is 19.3 Å². The van der Waals surface area contributed by atoms with E-state index >= 15 is 0 Å². The van der Waals surface area contributed by atoms with Crippen molar-refractivity contribution in [2.24, 2.45) is 0 Å². The Balaban J connectivity index is 1.99. The first-order chi connectivity index (χ1) is 5.33. The van der Waals surface area contributed by atoms with Crippen LogP contribution in [0.15, 0.2) is 0 Å². The Morgan fingerprint density at radius 1 is 1.36 bits per heavy atom. The summed E-state index contributed by atoms with van der Waals surface area (Å²) < 4.78 is 10.4. The Labute approximate surface area is 72.8 Å². The van der Waals surface area contributed by atoms with Gasteiger partial charge in [-0.25, -0.2) is 0 Å². The first-order valence-corrected chi connectivity index (χ1v) is 4.51. The molecule has 0 aliphatic heterocycles. The van der Waals surface area contributed by atoms with Crippen molar-refractivity contribution >= 4 is 11.6 Å². The van der Waals surface area contributed by atoms with Crippen LogP contribution < -0.4 is 0 Å². The van der Waals surface area contributed by atoms with Gasteiger partial charge in [0.1, 0.15) is 0 Å². The number of hydrogen-bond donors (Lipinski definition) is 0. The summed E-state index contributed by atoms with van der Waals surface area (Å²) >= 11 is 5.91. The van der Waals surface area contributed by atoms with Gasteiger partial charge in [-0.2, -0.15) is 0 Å². The third-order valence-corrected chi connectivity index (χ3v) is 2.36. The van der Waals surface area contributed by atoms with Crippen LogP contribution in [0.5, 0.6) is 0 Å². The summed E-state index contributed by atoms with van der Waals surface area (Å²) in [4.78, 5) is 0. The monoisotopic (exact) mass is 178 g/mol. The average molecular weight is 179 g/mol. The molecule has 0 heterocycles. The Morgan fingerprint density at radius 3 is 2.73 bits per heavy atom. The molecule has 0 aromatic carbocycles. The lowest BCUT2D eigenvalue weighted by atomic mass is 10.3. The second kappa shape index (κ2) is 4.96. The van der Waals surface area contributed by atoms with Gasteiger partial charge in [-0.05, 0) is 19.3 Å². The number of methoxy groups -OCH3 is 1. The van der Waals surface area contributed by atoms with Crippen molar-refractivity contribution < 1.29 is 9.47 Å². The summed E-state index contributed by atoms with van der Waals surface area (Å²) in [5.74, 6) is 0. The first kappa shape index (κ1) is 9.30. The van der Waals surface area contributed by atoms with Gasteiger partial charge < -0.3 is 9.47 Å². The van der Waals surface area contributed by atoms with E-state index in [1.807, 2.05) is 0 Å². The van der Waals surface area contributed by atoms with E-state index in [0.29, 0.717) is 24.7 Å². The minimum Gasteiger partial charge on any atom is -0.382 e. The van der Waals surface area contributed by atoms with E-state index in [9.17, 15) is 0 Å². The van der Waals surface area contributed by atoms with Crippen LogP contribution in [0, 0.1) is 0 Å². The quantitative estimate of drug-likeness (QED) is 0.483. The fourth-order valence-corrected chi connectivity index (χ4v) is 1.66. The van der Waals surface area contributed by atoms with Crippen molar-refractivity contribution in [3.8, 4) is 0 Å². The lowest BCUT2D eigenvalue weighted by Gasteiger charge is -2.09. The van der Waals surface area contributed by atoms with Gasteiger partial charge in [0.05, 0.1) is 19.3 Å². The van der Waals surface area contributed by atoms with Gasteiger partial charge in [0.2, 0.25) is 0 Å². The smallest absolute Gasteiger partial charge is 0.0704 e. The highest BCUT2D eigenvalue weighted by Gasteiger charge is 2.22. The lowest BCUT2D eigenvalue weighted by Crippen LogP contribution is -2.12. The number of rotatable bonds is 4. The molecule has 1 rings (SSSR count). The number of alkyl halides is 1. The third kappa shape index (κ3) is 3.41. The number of ether oxygens (including phenoxy) is 2. The van der Waals surface area contributed by atoms with Gasteiger partial charge in [-0.15, -0.1) is 11.6 Å². The van der Waals surface area contributed by atoms with Crippen LogP contribution in [-0.4, -0.2) is 31.8 Å². The van der Waals surface area contributed by atoms with Crippen molar-refractivity contribution in [1.29, 1.82) is 0 Å². The highest BCUT2D eigenvalue weighted by atomic mass is 35.5. The predicted molar refractivity (Wildman–Crippen MR) is 45.1 cm³/mol. The first-order valence-electron chi connectivity index (χ1n) is 4.07. The van der Waals surface area contributed by atoms with Crippen LogP contribution in [0.1, 0.15) is 19.3 Å². The zero-order chi connectivity index (χ0) is 8.10. The molecule has 0 aromatic rings. The summed E-state index contributed by atoms with van der Waals surface area (Å²) in [5, 5.41) is 0.336. The molecule has 1 fully saturated rings. The summed E-state index contributed by atoms with van der Waals surface area (Å²) in [6, 6.07) is 0. The van der Waals surface area contributed by atoms with E-state index in [4.69, 9.17) is 21.1 Å². The lowest BCUT2D eigenvalue weighted by molar-refractivity contribution is 0.0212. The van der Waals surface area contributed by atoms with E-state index < -0.39 is 0 Å². The fourth-order valence-electron chi connectivity index (χ4n) is 1.34. The topological polar surface area (TPSA) is 18.5 Å². The summed E-state index contributed by atoms with van der Waals surface area (Å²) in [5.41, 5.74) is 0. The molecule has 0 saturated heterocycles. The summed E-state index contributed by atoms with van der Waals surface area (Å²) in [6.45, 7) is 1.38. The van der Waals surface area contributed by atoms with Crippen LogP contribution in [0.4, 0.5) is 0 Å². The largest absolute Gasteiger partial charge is 0.382 e. The van der Waals surface area contributed by atoms with E-state index in [1.165, 1.54) is 0 Å². The average Bonchev–Trinajstić information content (AvgIpc) is 2.37. The van der Waals surface area contributed by atoms with Crippen molar-refractivity contribution in [3.63, 3.8) is 0 Å². The molecule has 2 unspecified atom stereocenters. The van der Waals surface area contributed by atoms with Crippen LogP contribution in [0.3, 0.4) is 0 Å². The zero-order valence-corrected chi connectivity index (χ0v) is 7.64. The third-order valence-electron chi connectivity index (χ3n) is 1.96. The molecular weight excluding hydrogens is 164 g/mol. The highest BCUT2D eigenvalue weighted by molar-refractivity contribution is 6.20. The molecule has 2 atom stereocenters. The SMILES string of the molecule is COCCOC1CCC(Cl)C1. The van der Waals surface area contributed by atoms with Crippen molar-refractivity contribution in [2.75, 3.05) is 20.3 Å². The molecule has 0 aromatic heterocycles. The van der Waals surface area contributed by atoms with Gasteiger partial charge in [-0.1, -0.05) is 0 Å². The minimum absolute atomic E-state index is 0.336. The van der Waals surface area contributed by atoms with Gasteiger partial charge in [0, 0.05) is 12.5 Å². The maximum atomic E-state index is 5.91. The zero-order valence-electron chi connectivity index (χ0n) is 6.88. The molecule has 2 nitrogen and oxygen atoms in total. The molecule has 0 spiro atoms. The van der Waals surface area contributed by atoms with Crippen molar-refractivity contribution in [1.82, 2.24) is 0 Å². The second-order valence-electron chi connectivity index (χ2n) is 2.90. The van der Waals surface area contributed by atoms with Crippen LogP contribution in [0.2, 0.25) is 0 Å². The molecule has 0 bridgehead atoms. The molecule has 11 heavy (non-hydrogen) atoms. The number of hydrogen-bond acceptors (Lipinski definition) is 2. The Bertz CT molecular complexity index is 108. The Kier molecular flexibility index (Phi) is 4.20. The molecular formula is C8H15ClO2. The number of halogens is 1. The van der Waals surface area contributed by atoms with Gasteiger partial charge >= 0.3 is 0 Å². The van der Waals surface area contributed by atoms with Crippen LogP contribution >= 0.6 is 11.6 Å². The Morgan fingerprint density at radius 2 is 2.18 bits per heavy atom. The fraction of sp³-hybridized carbons (Fsp3) is 1.00. The molecule has 0 N–H and O–H groups in total. The molecule has 1 aliphatic rings. The molecule has 1 aliphatic carbocycles. The minimum atomic E-state index is 0.336. The molecule has 1 saturated carbocycles. The molecule has 3 heteroatoms. The summed E-state index contributed by atoms with van der Waals surface area (Å²) in [6.07, 6.45) is 3.59. The Hall–Kier alpha value is 0.210. The summed E-state index contributed by atoms with van der Waals surface area (Å²) in [7, 11) is 1.68. The molecule has 0 amide bonds.